The van der Waals surface area contributed by atoms with Gasteiger partial charge in [0.25, 0.3) is 0 Å². The Balaban J connectivity index is 0.839. The van der Waals surface area contributed by atoms with Crippen LogP contribution in [0.15, 0.2) is 292 Å². The molecule has 0 saturated heterocycles. The quantitative estimate of drug-likeness (QED) is 0.152. The van der Waals surface area contributed by atoms with Gasteiger partial charge in [-0.3, -0.25) is 0 Å². The fourth-order valence-electron chi connectivity index (χ4n) is 12.7. The van der Waals surface area contributed by atoms with Gasteiger partial charge in [-0.15, -0.1) is 0 Å². The van der Waals surface area contributed by atoms with Crippen molar-refractivity contribution < 1.29 is 13.3 Å². The third kappa shape index (κ3) is 7.26. The highest BCUT2D eigenvalue weighted by Crippen LogP contribution is 2.50. The second-order valence-electron chi connectivity index (χ2n) is 21.2. The molecule has 0 N–H and O–H groups in total. The lowest BCUT2D eigenvalue weighted by Gasteiger charge is -2.29. The van der Waals surface area contributed by atoms with Crippen molar-refractivity contribution in [1.29, 1.82) is 0 Å². The molecule has 0 radical (unpaired) electrons. The lowest BCUT2D eigenvalue weighted by molar-refractivity contribution is 0.668. The highest BCUT2D eigenvalue weighted by atomic mass is 16.3. The molecule has 81 heavy (non-hydrogen) atoms. The van der Waals surface area contributed by atoms with E-state index in [2.05, 4.69) is 277 Å². The maximum atomic E-state index is 6.98. The highest BCUT2D eigenvalue weighted by molar-refractivity contribution is 6.16. The van der Waals surface area contributed by atoms with Gasteiger partial charge in [-0.05, 0) is 128 Å². The zero-order valence-electron chi connectivity index (χ0n) is 43.7. The molecular weight excluding hydrogens is 989 g/mol. The normalized spacial score (nSPS) is 12.0. The van der Waals surface area contributed by atoms with E-state index in [9.17, 15) is 0 Å². The average molecular weight is 1040 g/mol. The summed E-state index contributed by atoms with van der Waals surface area (Å²) in [6.07, 6.45) is 0. The molecule has 0 aliphatic carbocycles. The predicted octanol–water partition coefficient (Wildman–Crippen LogP) is 22.3. The summed E-state index contributed by atoms with van der Waals surface area (Å²) in [4.78, 5) is 4.81. The molecular formula is C76H46N2O3. The van der Waals surface area contributed by atoms with Gasteiger partial charge in [-0.1, -0.05) is 182 Å². The Hall–Kier alpha value is -10.9. The Morgan fingerprint density at radius 1 is 0.198 bits per heavy atom. The zero-order valence-corrected chi connectivity index (χ0v) is 43.7. The second-order valence-corrected chi connectivity index (χ2v) is 21.2. The van der Waals surface area contributed by atoms with E-state index in [4.69, 9.17) is 13.3 Å². The molecule has 3 aromatic heterocycles. The lowest BCUT2D eigenvalue weighted by atomic mass is 9.97. The molecule has 0 bridgehead atoms. The predicted molar refractivity (Wildman–Crippen MR) is 339 cm³/mol. The largest absolute Gasteiger partial charge is 0.456 e. The third-order valence-electron chi connectivity index (χ3n) is 16.5. The number of furan rings is 3. The average Bonchev–Trinajstić information content (AvgIpc) is 4.34. The monoisotopic (exact) mass is 1030 g/mol. The summed E-state index contributed by atoms with van der Waals surface area (Å²) >= 11 is 0. The fraction of sp³-hybridized carbons (Fsp3) is 0. The van der Waals surface area contributed by atoms with Crippen LogP contribution >= 0.6 is 0 Å². The highest BCUT2D eigenvalue weighted by Gasteiger charge is 2.25. The smallest absolute Gasteiger partial charge is 0.137 e. The lowest BCUT2D eigenvalue weighted by Crippen LogP contribution is -2.12. The van der Waals surface area contributed by atoms with Crippen molar-refractivity contribution in [2.75, 3.05) is 9.80 Å². The van der Waals surface area contributed by atoms with Crippen LogP contribution in [-0.4, -0.2) is 0 Å². The van der Waals surface area contributed by atoms with Crippen LogP contribution in [0.5, 0.6) is 0 Å². The van der Waals surface area contributed by atoms with E-state index in [1.165, 1.54) is 0 Å². The molecule has 0 fully saturated rings. The van der Waals surface area contributed by atoms with Gasteiger partial charge in [-0.25, -0.2) is 0 Å². The van der Waals surface area contributed by atoms with Gasteiger partial charge in [-0.2, -0.15) is 0 Å². The van der Waals surface area contributed by atoms with E-state index in [0.29, 0.717) is 0 Å². The number of nitrogens with zero attached hydrogens (tertiary/aromatic N) is 2. The summed E-state index contributed by atoms with van der Waals surface area (Å²) in [7, 11) is 0. The van der Waals surface area contributed by atoms with Crippen molar-refractivity contribution in [3.8, 4) is 22.3 Å². The number of hydrogen-bond acceptors (Lipinski definition) is 5. The number of benzene rings is 14. The maximum absolute atomic E-state index is 6.98. The van der Waals surface area contributed by atoms with Crippen LogP contribution in [0.3, 0.4) is 0 Å². The zero-order chi connectivity index (χ0) is 53.1. The van der Waals surface area contributed by atoms with Crippen LogP contribution in [0.25, 0.3) is 131 Å². The first-order valence-corrected chi connectivity index (χ1v) is 27.5. The summed E-state index contributed by atoms with van der Waals surface area (Å²) in [5.41, 5.74) is 15.7. The second kappa shape index (κ2) is 17.8. The molecule has 17 aromatic rings. The van der Waals surface area contributed by atoms with Crippen LogP contribution < -0.4 is 9.80 Å². The van der Waals surface area contributed by atoms with E-state index in [0.717, 1.165) is 165 Å². The van der Waals surface area contributed by atoms with Crippen molar-refractivity contribution in [3.05, 3.63) is 279 Å². The van der Waals surface area contributed by atoms with Crippen LogP contribution in [0.1, 0.15) is 0 Å². The molecule has 0 spiro atoms. The Morgan fingerprint density at radius 3 is 1.04 bits per heavy atom. The maximum Gasteiger partial charge on any atom is 0.137 e. The van der Waals surface area contributed by atoms with Gasteiger partial charge in [0.1, 0.15) is 33.5 Å². The van der Waals surface area contributed by atoms with E-state index < -0.39 is 0 Å². The van der Waals surface area contributed by atoms with Crippen molar-refractivity contribution in [2.24, 2.45) is 0 Å². The number of anilines is 6. The molecule has 14 aromatic carbocycles. The van der Waals surface area contributed by atoms with Gasteiger partial charge in [0.2, 0.25) is 0 Å². The van der Waals surface area contributed by atoms with Gasteiger partial charge in [0.15, 0.2) is 0 Å². The van der Waals surface area contributed by atoms with Crippen molar-refractivity contribution in [1.82, 2.24) is 0 Å². The van der Waals surface area contributed by atoms with Crippen LogP contribution in [0.4, 0.5) is 34.1 Å². The number of hydrogen-bond donors (Lipinski definition) is 0. The Morgan fingerprint density at radius 2 is 0.568 bits per heavy atom. The molecule has 0 atom stereocenters. The van der Waals surface area contributed by atoms with E-state index >= 15 is 0 Å². The Bertz CT molecular complexity index is 5040. The summed E-state index contributed by atoms with van der Waals surface area (Å²) in [5, 5.41) is 15.5. The molecule has 0 aliphatic heterocycles. The molecule has 0 aliphatic rings. The topological polar surface area (TPSA) is 45.9 Å². The van der Waals surface area contributed by atoms with E-state index in [1.807, 2.05) is 12.1 Å². The summed E-state index contributed by atoms with van der Waals surface area (Å²) < 4.78 is 20.3. The molecule has 0 saturated carbocycles. The third-order valence-corrected chi connectivity index (χ3v) is 16.5. The minimum Gasteiger partial charge on any atom is -0.456 e. The van der Waals surface area contributed by atoms with Gasteiger partial charge < -0.3 is 23.1 Å². The first kappa shape index (κ1) is 45.2. The first-order chi connectivity index (χ1) is 40.1. The molecule has 5 nitrogen and oxygen atoms in total. The van der Waals surface area contributed by atoms with Crippen molar-refractivity contribution >= 4 is 143 Å². The van der Waals surface area contributed by atoms with Crippen LogP contribution in [-0.2, 0) is 0 Å². The van der Waals surface area contributed by atoms with Gasteiger partial charge >= 0.3 is 0 Å². The first-order valence-electron chi connectivity index (χ1n) is 27.5. The summed E-state index contributed by atoms with van der Waals surface area (Å²) in [6.45, 7) is 0. The standard InChI is InChI=1S/C76H46N2O3/c1-3-17-49(18-4-1)61-43-65-59-27-11-13-31-71(59)79-75(65)45-69(61)77(67-29-15-23-47-21-7-9-25-57(47)67)55-35-33-51-39-63-64-40-52-34-36-56(38-54(52)42-74(64)81-73(63)41-53(51)37-55)78(68-30-16-24-48-22-8-10-26-58(48)68)70-46-76-66(60-28-12-14-32-72(60)80-76)44-62(70)50-19-5-2-6-20-50/h1-46H. The number of para-hydroxylation sites is 2. The Kier molecular flexibility index (Phi) is 9.94. The molecule has 17 rings (SSSR count). The van der Waals surface area contributed by atoms with Crippen LogP contribution in [0.2, 0.25) is 0 Å². The van der Waals surface area contributed by atoms with Gasteiger partial charge in [0.05, 0.1) is 22.7 Å². The molecule has 5 heteroatoms. The number of rotatable bonds is 8. The van der Waals surface area contributed by atoms with Gasteiger partial charge in [0, 0.05) is 77.7 Å². The molecule has 378 valence electrons. The number of fused-ring (bicyclic) bond motifs is 13. The summed E-state index contributed by atoms with van der Waals surface area (Å²) in [6, 6.07) is 100. The van der Waals surface area contributed by atoms with E-state index in [-0.39, 0.29) is 0 Å². The van der Waals surface area contributed by atoms with Crippen molar-refractivity contribution in [3.63, 3.8) is 0 Å². The minimum absolute atomic E-state index is 0.833. The van der Waals surface area contributed by atoms with E-state index in [1.54, 1.807) is 0 Å². The molecule has 0 unspecified atom stereocenters. The van der Waals surface area contributed by atoms with Crippen LogP contribution in [0, 0.1) is 0 Å². The Labute approximate surface area is 464 Å². The minimum atomic E-state index is 0.833. The molecule has 3 heterocycles. The van der Waals surface area contributed by atoms with Crippen molar-refractivity contribution in [2.45, 2.75) is 0 Å². The summed E-state index contributed by atoms with van der Waals surface area (Å²) in [5.74, 6) is 0. The SMILES string of the molecule is c1ccc(-c2cc3c(cc2N(c2ccc4cc5c(cc4c2)oc2cc4cc(N(c6cc7oc8ccccc8c7cc6-c6ccccc6)c6cccc7ccccc67)ccc4cc25)c2cccc4ccccc24)oc2ccccc23)cc1. The fourth-order valence-corrected chi connectivity index (χ4v) is 12.7. The molecule has 0 amide bonds.